The number of ether oxygens (including phenoxy) is 2. The fraction of sp³-hybridized carbons (Fsp3) is 0.619. The quantitative estimate of drug-likeness (QED) is 0.383. The average Bonchev–Trinajstić information content (AvgIpc) is 2.87. The first-order valence-electron chi connectivity index (χ1n) is 9.40. The van der Waals surface area contributed by atoms with Crippen LogP contribution in [0, 0.1) is 0 Å². The van der Waals surface area contributed by atoms with Crippen molar-refractivity contribution in [3.63, 3.8) is 0 Å². The summed E-state index contributed by atoms with van der Waals surface area (Å²) in [5.41, 5.74) is 5.75. The van der Waals surface area contributed by atoms with E-state index in [4.69, 9.17) is 4.74 Å². The smallest absolute Gasteiger partial charge is 0.335 e. The number of carbonyl (C=O) groups excluding carboxylic acids is 1. The van der Waals surface area contributed by atoms with Gasteiger partial charge < -0.3 is 14.6 Å². The van der Waals surface area contributed by atoms with E-state index < -0.39 is 12.1 Å². The van der Waals surface area contributed by atoms with E-state index >= 15 is 0 Å². The molecule has 0 amide bonds. The van der Waals surface area contributed by atoms with Crippen LogP contribution in [0.15, 0.2) is 40.9 Å². The summed E-state index contributed by atoms with van der Waals surface area (Å²) in [6, 6.07) is 0. The molecule has 1 heterocycles. The topological polar surface area (TPSA) is 55.8 Å². The average molecular weight is 346 g/mol. The molecule has 1 aliphatic carbocycles. The minimum Gasteiger partial charge on any atom is -0.482 e. The normalized spacial score (nSPS) is 20.9. The van der Waals surface area contributed by atoms with Crippen molar-refractivity contribution in [2.24, 2.45) is 0 Å². The molecule has 0 aromatic heterocycles. The number of hydrogen-bond donors (Lipinski definition) is 1. The standard InChI is InChI=1S/C21H30O4/c1-3-4-5-6-7-8-10-16-13-14-20-18(16)12-9-11-17(25-20)15-19(22)21(23)24-2/h8-10,19-20,22H,3-7,12-15H2,1-2H3. The number of unbranched alkanes of at least 4 members (excludes halogenated alkanes) is 4. The molecule has 1 aliphatic heterocycles. The van der Waals surface area contributed by atoms with Gasteiger partial charge in [-0.25, -0.2) is 4.79 Å². The Morgan fingerprint density at radius 3 is 3.08 bits per heavy atom. The van der Waals surface area contributed by atoms with Crippen LogP contribution in [0.3, 0.4) is 0 Å². The summed E-state index contributed by atoms with van der Waals surface area (Å²) in [6.45, 7) is 2.23. The molecule has 0 aromatic rings. The Kier molecular flexibility index (Phi) is 8.03. The zero-order chi connectivity index (χ0) is 18.1. The molecule has 2 unspecified atom stereocenters. The molecule has 0 spiro atoms. The third-order valence-corrected chi connectivity index (χ3v) is 4.74. The molecule has 4 nitrogen and oxygen atoms in total. The van der Waals surface area contributed by atoms with E-state index in [-0.39, 0.29) is 12.5 Å². The minimum atomic E-state index is -1.20. The van der Waals surface area contributed by atoms with Crippen molar-refractivity contribution in [3.05, 3.63) is 40.9 Å². The number of aliphatic hydroxyl groups excluding tert-OH is 1. The number of methoxy groups -OCH3 is 1. The predicted molar refractivity (Wildman–Crippen MR) is 97.9 cm³/mol. The second kappa shape index (κ2) is 10.3. The van der Waals surface area contributed by atoms with Gasteiger partial charge in [-0.05, 0) is 49.3 Å². The molecule has 0 fully saturated rings. The maximum Gasteiger partial charge on any atom is 0.335 e. The van der Waals surface area contributed by atoms with Crippen LogP contribution in [0.2, 0.25) is 0 Å². The van der Waals surface area contributed by atoms with Crippen LogP contribution in [0.1, 0.15) is 64.7 Å². The number of hydrogen-bond acceptors (Lipinski definition) is 4. The van der Waals surface area contributed by atoms with Crippen molar-refractivity contribution in [1.29, 1.82) is 0 Å². The number of rotatable bonds is 9. The van der Waals surface area contributed by atoms with Crippen molar-refractivity contribution in [2.45, 2.75) is 76.9 Å². The molecule has 0 radical (unpaired) electrons. The second-order valence-electron chi connectivity index (χ2n) is 6.67. The summed E-state index contributed by atoms with van der Waals surface area (Å²) in [5, 5.41) is 9.81. The molecule has 2 rings (SSSR count). The van der Waals surface area contributed by atoms with Gasteiger partial charge in [0, 0.05) is 6.42 Å². The highest BCUT2D eigenvalue weighted by molar-refractivity contribution is 5.74. The lowest BCUT2D eigenvalue weighted by Crippen LogP contribution is -2.23. The fourth-order valence-electron chi connectivity index (χ4n) is 3.31. The lowest BCUT2D eigenvalue weighted by molar-refractivity contribution is -0.150. The summed E-state index contributed by atoms with van der Waals surface area (Å²) in [4.78, 5) is 11.4. The molecule has 2 atom stereocenters. The van der Waals surface area contributed by atoms with E-state index in [1.54, 1.807) is 0 Å². The largest absolute Gasteiger partial charge is 0.482 e. The second-order valence-corrected chi connectivity index (χ2v) is 6.67. The minimum absolute atomic E-state index is 0.0332. The molecular formula is C21H30O4. The summed E-state index contributed by atoms with van der Waals surface area (Å²) >= 11 is 0. The number of fused-ring (bicyclic) bond motifs is 1. The maximum atomic E-state index is 11.4. The number of aliphatic hydroxyl groups is 1. The predicted octanol–water partition coefficient (Wildman–Crippen LogP) is 4.36. The van der Waals surface area contributed by atoms with Crippen molar-refractivity contribution >= 4 is 5.97 Å². The first kappa shape index (κ1) is 19.6. The monoisotopic (exact) mass is 346 g/mol. The highest BCUT2D eigenvalue weighted by Gasteiger charge is 2.28. The van der Waals surface area contributed by atoms with E-state index in [2.05, 4.69) is 29.5 Å². The van der Waals surface area contributed by atoms with E-state index in [1.807, 2.05) is 6.08 Å². The van der Waals surface area contributed by atoms with Gasteiger partial charge in [0.1, 0.15) is 11.9 Å². The molecule has 4 heteroatoms. The Hall–Kier alpha value is -1.77. The molecule has 138 valence electrons. The highest BCUT2D eigenvalue weighted by Crippen LogP contribution is 2.35. The first-order valence-corrected chi connectivity index (χ1v) is 9.40. The van der Waals surface area contributed by atoms with Gasteiger partial charge in [-0.2, -0.15) is 0 Å². The van der Waals surface area contributed by atoms with Gasteiger partial charge in [0.25, 0.3) is 0 Å². The van der Waals surface area contributed by atoms with Crippen molar-refractivity contribution < 1.29 is 19.4 Å². The van der Waals surface area contributed by atoms with Gasteiger partial charge >= 0.3 is 5.97 Å². The Balaban J connectivity index is 1.90. The zero-order valence-electron chi connectivity index (χ0n) is 15.4. The summed E-state index contributed by atoms with van der Waals surface area (Å²) < 4.78 is 10.6. The molecule has 0 bridgehead atoms. The Morgan fingerprint density at radius 2 is 2.32 bits per heavy atom. The van der Waals surface area contributed by atoms with Crippen molar-refractivity contribution in [2.75, 3.05) is 7.11 Å². The molecule has 25 heavy (non-hydrogen) atoms. The van der Waals surface area contributed by atoms with E-state index in [1.165, 1.54) is 43.9 Å². The lowest BCUT2D eigenvalue weighted by atomic mass is 10.1. The molecule has 0 saturated heterocycles. The molecule has 0 aromatic carbocycles. The summed E-state index contributed by atoms with van der Waals surface area (Å²) in [6.07, 6.45) is 14.5. The van der Waals surface area contributed by atoms with Crippen molar-refractivity contribution in [3.8, 4) is 0 Å². The molecule has 1 N–H and O–H groups in total. The number of allylic oxidation sites excluding steroid dienone is 3. The van der Waals surface area contributed by atoms with Crippen LogP contribution in [-0.2, 0) is 14.3 Å². The van der Waals surface area contributed by atoms with Gasteiger partial charge in [0.2, 0.25) is 0 Å². The summed E-state index contributed by atoms with van der Waals surface area (Å²) in [7, 11) is 1.27. The lowest BCUT2D eigenvalue weighted by Gasteiger charge is -2.17. The first-order chi connectivity index (χ1) is 12.2. The molecule has 0 saturated carbocycles. The van der Waals surface area contributed by atoms with Crippen LogP contribution in [-0.4, -0.2) is 30.4 Å². The van der Waals surface area contributed by atoms with Gasteiger partial charge in [0.05, 0.1) is 7.11 Å². The molecule has 2 aliphatic rings. The van der Waals surface area contributed by atoms with Crippen LogP contribution >= 0.6 is 0 Å². The van der Waals surface area contributed by atoms with E-state index in [9.17, 15) is 9.90 Å². The zero-order valence-corrected chi connectivity index (χ0v) is 15.4. The van der Waals surface area contributed by atoms with Crippen LogP contribution < -0.4 is 0 Å². The third-order valence-electron chi connectivity index (χ3n) is 4.74. The Morgan fingerprint density at radius 1 is 1.48 bits per heavy atom. The Labute approximate surface area is 150 Å². The summed E-state index contributed by atoms with van der Waals surface area (Å²) in [5.74, 6) is -0.112. The number of carbonyl (C=O) groups is 1. The number of esters is 1. The highest BCUT2D eigenvalue weighted by atomic mass is 16.5. The van der Waals surface area contributed by atoms with Crippen LogP contribution in [0.4, 0.5) is 0 Å². The third kappa shape index (κ3) is 5.91. The van der Waals surface area contributed by atoms with Crippen LogP contribution in [0.25, 0.3) is 0 Å². The van der Waals surface area contributed by atoms with Crippen molar-refractivity contribution in [1.82, 2.24) is 0 Å². The van der Waals surface area contributed by atoms with E-state index in [0.717, 1.165) is 25.7 Å². The SMILES string of the molecule is CCCCCCC=CC1=C2CC=C=C(CC(O)C(=O)OC)OC2CC1. The fourth-order valence-corrected chi connectivity index (χ4v) is 3.31. The van der Waals surface area contributed by atoms with Gasteiger partial charge in [0.15, 0.2) is 6.10 Å². The molecular weight excluding hydrogens is 316 g/mol. The maximum absolute atomic E-state index is 11.4. The van der Waals surface area contributed by atoms with E-state index in [0.29, 0.717) is 5.76 Å². The van der Waals surface area contributed by atoms with Gasteiger partial charge in [-0.1, -0.05) is 44.1 Å². The van der Waals surface area contributed by atoms with Gasteiger partial charge in [-0.3, -0.25) is 0 Å². The van der Waals surface area contributed by atoms with Gasteiger partial charge in [-0.15, -0.1) is 0 Å². The Bertz CT molecular complexity index is 579. The van der Waals surface area contributed by atoms with Crippen LogP contribution in [0.5, 0.6) is 0 Å².